The van der Waals surface area contributed by atoms with Crippen molar-refractivity contribution >= 4 is 23.5 Å². The fourth-order valence-electron chi connectivity index (χ4n) is 3.89. The number of urea groups is 1. The zero-order chi connectivity index (χ0) is 20.6. The van der Waals surface area contributed by atoms with Crippen LogP contribution in [0, 0.1) is 0 Å². The summed E-state index contributed by atoms with van der Waals surface area (Å²) in [4.78, 5) is 24.6. The van der Waals surface area contributed by atoms with Gasteiger partial charge in [0, 0.05) is 32.5 Å². The van der Waals surface area contributed by atoms with Crippen molar-refractivity contribution in [1.29, 1.82) is 0 Å². The Hall–Kier alpha value is -3.05. The molecule has 0 spiro atoms. The fourth-order valence-corrected chi connectivity index (χ4v) is 3.89. The van der Waals surface area contributed by atoms with Gasteiger partial charge in [-0.3, -0.25) is 4.68 Å². The third-order valence-electron chi connectivity index (χ3n) is 5.08. The molecule has 2 saturated heterocycles. The minimum atomic E-state index is -4.42. The van der Waals surface area contributed by atoms with E-state index in [1.807, 2.05) is 17.3 Å². The van der Waals surface area contributed by atoms with Crippen molar-refractivity contribution < 1.29 is 18.0 Å². The van der Waals surface area contributed by atoms with Crippen LogP contribution in [0.3, 0.4) is 0 Å². The highest BCUT2D eigenvalue weighted by Gasteiger charge is 2.43. The van der Waals surface area contributed by atoms with Gasteiger partial charge in [0.1, 0.15) is 12.4 Å². The molecule has 2 aliphatic rings. The largest absolute Gasteiger partial charge is 0.405 e. The van der Waals surface area contributed by atoms with E-state index in [0.717, 1.165) is 18.5 Å². The maximum Gasteiger partial charge on any atom is 0.405 e. The summed E-state index contributed by atoms with van der Waals surface area (Å²) >= 11 is 0. The minimum absolute atomic E-state index is 0.147. The maximum atomic E-state index is 12.4. The van der Waals surface area contributed by atoms with E-state index < -0.39 is 18.8 Å². The summed E-state index contributed by atoms with van der Waals surface area (Å²) in [6.07, 6.45) is 2.20. The van der Waals surface area contributed by atoms with Crippen LogP contribution in [0.1, 0.15) is 12.8 Å². The van der Waals surface area contributed by atoms with Crippen molar-refractivity contribution in [2.75, 3.05) is 29.9 Å². The monoisotopic (exact) mass is 410 g/mol. The summed E-state index contributed by atoms with van der Waals surface area (Å²) in [7, 11) is 1.81. The average Bonchev–Trinajstić information content (AvgIpc) is 3.19. The molecule has 29 heavy (non-hydrogen) atoms. The van der Waals surface area contributed by atoms with Crippen molar-refractivity contribution in [3.63, 3.8) is 0 Å². The average molecular weight is 410 g/mol. The third-order valence-corrected chi connectivity index (χ3v) is 5.08. The van der Waals surface area contributed by atoms with Crippen molar-refractivity contribution in [2.24, 2.45) is 7.05 Å². The molecule has 2 aromatic heterocycles. The molecule has 12 heteroatoms. The molecule has 2 aliphatic heterocycles. The van der Waals surface area contributed by atoms with Gasteiger partial charge in [-0.25, -0.2) is 9.78 Å². The minimum Gasteiger partial charge on any atom is -0.352 e. The number of halogens is 3. The first-order chi connectivity index (χ1) is 13.8. The van der Waals surface area contributed by atoms with Gasteiger partial charge in [-0.1, -0.05) is 0 Å². The van der Waals surface area contributed by atoms with Gasteiger partial charge in [0.2, 0.25) is 5.95 Å². The second kappa shape index (κ2) is 7.41. The molecule has 0 unspecified atom stereocenters. The van der Waals surface area contributed by atoms with Gasteiger partial charge in [-0.2, -0.15) is 23.3 Å². The van der Waals surface area contributed by atoms with Crippen molar-refractivity contribution in [3.8, 4) is 0 Å². The van der Waals surface area contributed by atoms with E-state index in [0.29, 0.717) is 24.9 Å². The Kier molecular flexibility index (Phi) is 4.92. The lowest BCUT2D eigenvalue weighted by Crippen LogP contribution is -2.59. The lowest BCUT2D eigenvalue weighted by Gasteiger charge is -2.41. The van der Waals surface area contributed by atoms with Gasteiger partial charge in [0.15, 0.2) is 0 Å². The second-order valence-electron chi connectivity index (χ2n) is 7.24. The van der Waals surface area contributed by atoms with Crippen LogP contribution in [-0.2, 0) is 7.05 Å². The van der Waals surface area contributed by atoms with Crippen LogP contribution in [-0.4, -0.2) is 68.6 Å². The molecule has 4 rings (SSSR count). The van der Waals surface area contributed by atoms with Crippen LogP contribution in [0.4, 0.5) is 35.4 Å². The SMILES string of the molecule is Cn1cc(Nc2nccc(N3C[C@H]4CC[C@@H](C3)N4C(=O)NCC(F)(F)F)n2)cn1. The number of hydrogen-bond acceptors (Lipinski definition) is 6. The van der Waals surface area contributed by atoms with E-state index >= 15 is 0 Å². The van der Waals surface area contributed by atoms with Gasteiger partial charge in [0.25, 0.3) is 0 Å². The first-order valence-corrected chi connectivity index (χ1v) is 9.25. The van der Waals surface area contributed by atoms with Crippen LogP contribution in [0.5, 0.6) is 0 Å². The molecule has 2 aromatic rings. The quantitative estimate of drug-likeness (QED) is 0.800. The standard InChI is InChI=1S/C17H21F3N8O/c1-26-7-11(6-23-26)24-15-21-5-4-14(25-15)27-8-12-2-3-13(9-27)28(12)16(29)22-10-17(18,19)20/h4-7,12-13H,2-3,8-10H2,1H3,(H,22,29)(H,21,24,25)/t12-,13+. The Labute approximate surface area is 164 Å². The Morgan fingerprint density at radius 1 is 1.28 bits per heavy atom. The highest BCUT2D eigenvalue weighted by atomic mass is 19.4. The number of aromatic nitrogens is 4. The summed E-state index contributed by atoms with van der Waals surface area (Å²) in [5.74, 6) is 1.13. The Morgan fingerprint density at radius 3 is 2.62 bits per heavy atom. The normalized spacial score (nSPS) is 21.4. The predicted molar refractivity (Wildman–Crippen MR) is 98.8 cm³/mol. The zero-order valence-electron chi connectivity index (χ0n) is 15.7. The van der Waals surface area contributed by atoms with E-state index in [-0.39, 0.29) is 12.1 Å². The molecule has 0 saturated carbocycles. The van der Waals surface area contributed by atoms with Crippen LogP contribution in [0.2, 0.25) is 0 Å². The number of carbonyl (C=O) groups is 1. The topological polar surface area (TPSA) is 91.2 Å². The molecule has 2 atom stereocenters. The summed E-state index contributed by atoms with van der Waals surface area (Å²) < 4.78 is 38.9. The first-order valence-electron chi connectivity index (χ1n) is 9.25. The molecule has 4 heterocycles. The molecule has 0 radical (unpaired) electrons. The predicted octanol–water partition coefficient (Wildman–Crippen LogP) is 1.88. The van der Waals surface area contributed by atoms with Gasteiger partial charge in [-0.15, -0.1) is 0 Å². The van der Waals surface area contributed by atoms with Crippen LogP contribution < -0.4 is 15.5 Å². The third kappa shape index (κ3) is 4.35. The maximum absolute atomic E-state index is 12.4. The number of anilines is 3. The van der Waals surface area contributed by atoms with Gasteiger partial charge >= 0.3 is 12.2 Å². The van der Waals surface area contributed by atoms with E-state index in [2.05, 4.69) is 20.4 Å². The number of aryl methyl sites for hydroxylation is 1. The van der Waals surface area contributed by atoms with E-state index in [9.17, 15) is 18.0 Å². The molecule has 2 bridgehead atoms. The summed E-state index contributed by atoms with van der Waals surface area (Å²) in [6.45, 7) is -0.292. The van der Waals surface area contributed by atoms with Crippen molar-refractivity contribution in [1.82, 2.24) is 30.0 Å². The molecule has 9 nitrogen and oxygen atoms in total. The highest BCUT2D eigenvalue weighted by molar-refractivity contribution is 5.76. The number of carbonyl (C=O) groups excluding carboxylic acids is 1. The number of fused-ring (bicyclic) bond motifs is 2. The number of nitrogens with one attached hydrogen (secondary N) is 2. The lowest BCUT2D eigenvalue weighted by molar-refractivity contribution is -0.123. The van der Waals surface area contributed by atoms with Gasteiger partial charge in [0.05, 0.1) is 24.0 Å². The van der Waals surface area contributed by atoms with Gasteiger partial charge < -0.3 is 20.4 Å². The second-order valence-corrected chi connectivity index (χ2v) is 7.24. The Morgan fingerprint density at radius 2 is 2.00 bits per heavy atom. The smallest absolute Gasteiger partial charge is 0.352 e. The van der Waals surface area contributed by atoms with Crippen LogP contribution in [0.15, 0.2) is 24.7 Å². The molecule has 0 aromatic carbocycles. The zero-order valence-corrected chi connectivity index (χ0v) is 15.7. The molecule has 2 N–H and O–H groups in total. The van der Waals surface area contributed by atoms with Crippen molar-refractivity contribution in [3.05, 3.63) is 24.7 Å². The molecule has 2 amide bonds. The fraction of sp³-hybridized carbons (Fsp3) is 0.529. The highest BCUT2D eigenvalue weighted by Crippen LogP contribution is 2.32. The number of rotatable bonds is 4. The Bertz CT molecular complexity index is 872. The lowest BCUT2D eigenvalue weighted by atomic mass is 10.2. The molecule has 156 valence electrons. The summed E-state index contributed by atoms with van der Waals surface area (Å²) in [5.41, 5.74) is 0.760. The molecular formula is C17H21F3N8O. The summed E-state index contributed by atoms with van der Waals surface area (Å²) in [6, 6.07) is 0.835. The number of hydrogen-bond donors (Lipinski definition) is 2. The molecular weight excluding hydrogens is 389 g/mol. The molecule has 2 fully saturated rings. The number of amides is 2. The molecule has 0 aliphatic carbocycles. The van der Waals surface area contributed by atoms with Gasteiger partial charge in [-0.05, 0) is 18.9 Å². The summed E-state index contributed by atoms with van der Waals surface area (Å²) in [5, 5.41) is 9.16. The van der Waals surface area contributed by atoms with E-state index in [1.165, 1.54) is 0 Å². The number of alkyl halides is 3. The van der Waals surface area contributed by atoms with E-state index in [1.54, 1.807) is 34.2 Å². The van der Waals surface area contributed by atoms with Crippen LogP contribution in [0.25, 0.3) is 0 Å². The van der Waals surface area contributed by atoms with Crippen LogP contribution >= 0.6 is 0 Å². The Balaban J connectivity index is 1.42. The number of nitrogens with zero attached hydrogens (tertiary/aromatic N) is 6. The first kappa shape index (κ1) is 19.3. The number of piperazine rings is 1. The van der Waals surface area contributed by atoms with Crippen molar-refractivity contribution in [2.45, 2.75) is 31.1 Å². The van der Waals surface area contributed by atoms with E-state index in [4.69, 9.17) is 0 Å².